The third-order valence-corrected chi connectivity index (χ3v) is 6.78. The van der Waals surface area contributed by atoms with Crippen molar-refractivity contribution in [3.63, 3.8) is 0 Å². The van der Waals surface area contributed by atoms with Crippen LogP contribution in [0.4, 0.5) is 0 Å². The minimum Gasteiger partial charge on any atom is -0.496 e. The number of hydrogen-bond acceptors (Lipinski definition) is 6. The fraction of sp³-hybridized carbons (Fsp3) is 0.280. The Kier molecular flexibility index (Phi) is 6.42. The first-order valence-corrected chi connectivity index (χ1v) is 11.5. The lowest BCUT2D eigenvalue weighted by molar-refractivity contribution is -0.125. The fourth-order valence-electron chi connectivity index (χ4n) is 4.67. The molecule has 9 heteroatoms. The minimum absolute atomic E-state index is 0.00738. The number of fused-ring (bicyclic) bond motifs is 1. The van der Waals surface area contributed by atoms with Crippen molar-refractivity contribution in [1.29, 1.82) is 0 Å². The molecule has 1 aliphatic heterocycles. The molecule has 34 heavy (non-hydrogen) atoms. The Morgan fingerprint density at radius 1 is 1.15 bits per heavy atom. The molecular formula is C25H25ClN6O2. The van der Waals surface area contributed by atoms with Crippen LogP contribution in [0.15, 0.2) is 67.0 Å². The molecule has 1 aromatic heterocycles. The van der Waals surface area contributed by atoms with Crippen LogP contribution in [0.2, 0.25) is 5.02 Å². The Hall–Kier alpha value is -3.49. The number of ether oxygens (including phenoxy) is 1. The van der Waals surface area contributed by atoms with Gasteiger partial charge in [0.15, 0.2) is 0 Å². The van der Waals surface area contributed by atoms with Gasteiger partial charge in [-0.05, 0) is 45.3 Å². The molecule has 0 aliphatic carbocycles. The van der Waals surface area contributed by atoms with E-state index in [-0.39, 0.29) is 18.0 Å². The van der Waals surface area contributed by atoms with Crippen molar-refractivity contribution in [1.82, 2.24) is 30.4 Å². The molecule has 0 saturated carbocycles. The number of rotatable bonds is 7. The third-order valence-electron chi connectivity index (χ3n) is 6.41. The molecule has 1 saturated heterocycles. The lowest BCUT2D eigenvalue weighted by Crippen LogP contribution is -2.42. The summed E-state index contributed by atoms with van der Waals surface area (Å²) in [7, 11) is 1.68. The van der Waals surface area contributed by atoms with Gasteiger partial charge in [-0.3, -0.25) is 9.69 Å². The van der Waals surface area contributed by atoms with Crippen LogP contribution in [0.5, 0.6) is 5.75 Å². The zero-order valence-corrected chi connectivity index (χ0v) is 19.5. The van der Waals surface area contributed by atoms with Gasteiger partial charge in [0, 0.05) is 30.2 Å². The van der Waals surface area contributed by atoms with Crippen molar-refractivity contribution in [3.05, 3.63) is 83.1 Å². The summed E-state index contributed by atoms with van der Waals surface area (Å²) in [4.78, 5) is 15.6. The number of nitrogens with zero attached hydrogens (tertiary/aromatic N) is 5. The summed E-state index contributed by atoms with van der Waals surface area (Å²) in [5.41, 5.74) is 1.94. The van der Waals surface area contributed by atoms with E-state index in [1.165, 1.54) is 0 Å². The number of benzene rings is 3. The molecule has 8 nitrogen and oxygen atoms in total. The van der Waals surface area contributed by atoms with E-state index in [1.807, 2.05) is 42.5 Å². The summed E-state index contributed by atoms with van der Waals surface area (Å²) in [6.07, 6.45) is 2.21. The monoisotopic (exact) mass is 476 g/mol. The number of methoxy groups -OCH3 is 1. The molecule has 174 valence electrons. The standard InChI is InChI=1S/C25H25ClN6O2/c1-34-24-11-10-17-6-2-4-8-20(17)21(24)15-31-14-19(32-16-28-29-30-32)12-23(31)25(33)27-13-18-7-3-5-9-22(18)26/h2-11,16,19,23H,12-15H2,1H3,(H,27,33)/t19-,23-/m0/s1. The van der Waals surface area contributed by atoms with Crippen LogP contribution >= 0.6 is 11.6 Å². The largest absolute Gasteiger partial charge is 0.496 e. The molecule has 0 unspecified atom stereocenters. The molecule has 1 aliphatic rings. The highest BCUT2D eigenvalue weighted by Crippen LogP contribution is 2.34. The zero-order chi connectivity index (χ0) is 23.5. The summed E-state index contributed by atoms with van der Waals surface area (Å²) < 4.78 is 7.43. The van der Waals surface area contributed by atoms with E-state index in [2.05, 4.69) is 43.9 Å². The molecule has 1 N–H and O–H groups in total. The van der Waals surface area contributed by atoms with Gasteiger partial charge < -0.3 is 10.1 Å². The number of amides is 1. The van der Waals surface area contributed by atoms with Gasteiger partial charge in [-0.15, -0.1) is 5.10 Å². The van der Waals surface area contributed by atoms with Gasteiger partial charge in [0.05, 0.1) is 19.2 Å². The Bertz CT molecular complexity index is 1300. The van der Waals surface area contributed by atoms with Crippen molar-refractivity contribution >= 4 is 28.3 Å². The van der Waals surface area contributed by atoms with E-state index in [0.717, 1.165) is 27.6 Å². The maximum Gasteiger partial charge on any atom is 0.237 e. The van der Waals surface area contributed by atoms with Gasteiger partial charge in [-0.25, -0.2) is 4.68 Å². The first-order valence-electron chi connectivity index (χ1n) is 11.2. The van der Waals surface area contributed by atoms with E-state index in [0.29, 0.717) is 31.1 Å². The lowest BCUT2D eigenvalue weighted by atomic mass is 10.0. The van der Waals surface area contributed by atoms with Gasteiger partial charge in [0.2, 0.25) is 5.91 Å². The summed E-state index contributed by atoms with van der Waals surface area (Å²) in [6, 6.07) is 19.4. The highest BCUT2D eigenvalue weighted by Gasteiger charge is 2.38. The molecule has 4 aromatic rings. The van der Waals surface area contributed by atoms with Gasteiger partial charge in [0.25, 0.3) is 0 Å². The zero-order valence-electron chi connectivity index (χ0n) is 18.8. The van der Waals surface area contributed by atoms with E-state index >= 15 is 0 Å². The maximum absolute atomic E-state index is 13.4. The SMILES string of the molecule is COc1ccc2ccccc2c1CN1C[C@@H](n2cnnn2)C[C@H]1C(=O)NCc1ccccc1Cl. The van der Waals surface area contributed by atoms with Crippen LogP contribution < -0.4 is 10.1 Å². The highest BCUT2D eigenvalue weighted by atomic mass is 35.5. The van der Waals surface area contributed by atoms with Gasteiger partial charge in [0.1, 0.15) is 12.1 Å². The van der Waals surface area contributed by atoms with Crippen LogP contribution in [-0.2, 0) is 17.9 Å². The molecule has 5 rings (SSSR count). The Balaban J connectivity index is 1.42. The average Bonchev–Trinajstić information content (AvgIpc) is 3.54. The molecular weight excluding hydrogens is 452 g/mol. The molecule has 0 radical (unpaired) electrons. The van der Waals surface area contributed by atoms with Crippen LogP contribution in [-0.4, -0.2) is 50.7 Å². The maximum atomic E-state index is 13.4. The van der Waals surface area contributed by atoms with Crippen LogP contribution in [0.1, 0.15) is 23.6 Å². The van der Waals surface area contributed by atoms with E-state index in [1.54, 1.807) is 18.1 Å². The van der Waals surface area contributed by atoms with Crippen molar-refractivity contribution < 1.29 is 9.53 Å². The van der Waals surface area contributed by atoms with Crippen molar-refractivity contribution in [2.75, 3.05) is 13.7 Å². The molecule has 1 fully saturated rings. The molecule has 0 bridgehead atoms. The molecule has 0 spiro atoms. The molecule has 2 heterocycles. The number of carbonyl (C=O) groups is 1. The topological polar surface area (TPSA) is 85.2 Å². The van der Waals surface area contributed by atoms with Gasteiger partial charge in [-0.1, -0.05) is 60.1 Å². The van der Waals surface area contributed by atoms with Crippen LogP contribution in [0.3, 0.4) is 0 Å². The van der Waals surface area contributed by atoms with Crippen molar-refractivity contribution in [2.45, 2.75) is 31.6 Å². The van der Waals surface area contributed by atoms with Crippen molar-refractivity contribution in [3.8, 4) is 5.75 Å². The van der Waals surface area contributed by atoms with Gasteiger partial charge in [-0.2, -0.15) is 0 Å². The number of halogens is 1. The third kappa shape index (κ3) is 4.47. The number of hydrogen-bond donors (Lipinski definition) is 1. The van der Waals surface area contributed by atoms with E-state index in [4.69, 9.17) is 16.3 Å². The smallest absolute Gasteiger partial charge is 0.237 e. The second-order valence-corrected chi connectivity index (χ2v) is 8.81. The first kappa shape index (κ1) is 22.3. The number of tetrazole rings is 1. The number of likely N-dealkylation sites (tertiary alicyclic amines) is 1. The van der Waals surface area contributed by atoms with Gasteiger partial charge >= 0.3 is 0 Å². The lowest BCUT2D eigenvalue weighted by Gasteiger charge is -2.25. The first-order chi connectivity index (χ1) is 16.6. The summed E-state index contributed by atoms with van der Waals surface area (Å²) >= 11 is 6.28. The summed E-state index contributed by atoms with van der Waals surface area (Å²) in [5, 5.41) is 17.6. The predicted molar refractivity (Wildman–Crippen MR) is 129 cm³/mol. The Morgan fingerprint density at radius 2 is 1.97 bits per heavy atom. The highest BCUT2D eigenvalue weighted by molar-refractivity contribution is 6.31. The predicted octanol–water partition coefficient (Wildman–Crippen LogP) is 3.62. The summed E-state index contributed by atoms with van der Waals surface area (Å²) in [6.45, 7) is 1.57. The number of nitrogens with one attached hydrogen (secondary N) is 1. The Labute approximate surface area is 202 Å². The van der Waals surface area contributed by atoms with E-state index < -0.39 is 0 Å². The van der Waals surface area contributed by atoms with Crippen LogP contribution in [0.25, 0.3) is 10.8 Å². The second kappa shape index (κ2) is 9.79. The molecule has 1 amide bonds. The number of carbonyl (C=O) groups excluding carboxylic acids is 1. The molecule has 3 aromatic carbocycles. The quantitative estimate of drug-likeness (QED) is 0.438. The average molecular weight is 477 g/mol. The number of aromatic nitrogens is 4. The second-order valence-electron chi connectivity index (χ2n) is 8.40. The fourth-order valence-corrected chi connectivity index (χ4v) is 4.87. The minimum atomic E-state index is -0.347. The normalized spacial score (nSPS) is 18.3. The van der Waals surface area contributed by atoms with Crippen LogP contribution in [0, 0.1) is 0 Å². The summed E-state index contributed by atoms with van der Waals surface area (Å²) in [5.74, 6) is 0.759. The molecule has 2 atom stereocenters. The Morgan fingerprint density at radius 3 is 2.76 bits per heavy atom. The van der Waals surface area contributed by atoms with E-state index in [9.17, 15) is 4.79 Å². The van der Waals surface area contributed by atoms with Crippen molar-refractivity contribution in [2.24, 2.45) is 0 Å².